The van der Waals surface area contributed by atoms with Crippen LogP contribution in [-0.2, 0) is 4.79 Å². The van der Waals surface area contributed by atoms with Crippen LogP contribution < -0.4 is 0 Å². The molecule has 0 radical (unpaired) electrons. The van der Waals surface area contributed by atoms with E-state index in [1.165, 1.54) is 0 Å². The van der Waals surface area contributed by atoms with E-state index in [1.54, 1.807) is 16.7 Å². The third-order valence-corrected chi connectivity index (χ3v) is 5.28. The molecular weight excluding hydrogens is 298 g/mol. The van der Waals surface area contributed by atoms with Crippen LogP contribution in [0.1, 0.15) is 10.4 Å². The predicted octanol–water partition coefficient (Wildman–Crippen LogP) is 0.976. The fourth-order valence-corrected chi connectivity index (χ4v) is 3.98. The van der Waals surface area contributed by atoms with Crippen LogP contribution in [0.3, 0.4) is 0 Å². The van der Waals surface area contributed by atoms with E-state index in [0.717, 1.165) is 26.2 Å². The summed E-state index contributed by atoms with van der Waals surface area (Å²) in [6.07, 6.45) is 0. The zero-order valence-corrected chi connectivity index (χ0v) is 13.6. The van der Waals surface area contributed by atoms with E-state index in [0.29, 0.717) is 17.2 Å². The Kier molecular flexibility index (Phi) is 4.69. The molecule has 1 unspecified atom stereocenters. The van der Waals surface area contributed by atoms with Crippen molar-refractivity contribution in [3.8, 4) is 0 Å². The normalized spacial score (nSPS) is 22.9. The number of piperazine rings is 1. The number of nitrogens with zero attached hydrogens (tertiary/aromatic N) is 3. The number of likely N-dealkylation sites (N-methyl/N-ethyl adjacent to an activating group) is 1. The highest BCUT2D eigenvalue weighted by atomic mass is 32.2. The van der Waals surface area contributed by atoms with E-state index >= 15 is 0 Å². The topological polar surface area (TPSA) is 43.9 Å². The van der Waals surface area contributed by atoms with Gasteiger partial charge in [0.05, 0.1) is 5.88 Å². The largest absolute Gasteiger partial charge is 0.338 e. The number of thioether (sulfide) groups is 1. The summed E-state index contributed by atoms with van der Waals surface area (Å²) in [6.45, 7) is 3.31. The van der Waals surface area contributed by atoms with Crippen LogP contribution >= 0.6 is 11.8 Å². The lowest BCUT2D eigenvalue weighted by atomic mass is 10.1. The number of hydrogen-bond donors (Lipinski definition) is 0. The first-order chi connectivity index (χ1) is 10.7. The summed E-state index contributed by atoms with van der Waals surface area (Å²) < 4.78 is 0. The lowest BCUT2D eigenvalue weighted by Crippen LogP contribution is -2.54. The van der Waals surface area contributed by atoms with Crippen molar-refractivity contribution < 1.29 is 9.59 Å². The SMILES string of the molecule is CN1CCN(C(=O)C2CSCN2C(=O)c2ccccc2)CC1. The van der Waals surface area contributed by atoms with Gasteiger partial charge in [0.15, 0.2) is 0 Å². The van der Waals surface area contributed by atoms with Crippen LogP contribution in [-0.4, -0.2) is 77.4 Å². The van der Waals surface area contributed by atoms with Crippen molar-refractivity contribution in [3.05, 3.63) is 35.9 Å². The molecule has 2 fully saturated rings. The molecule has 2 aliphatic rings. The zero-order valence-electron chi connectivity index (χ0n) is 12.8. The summed E-state index contributed by atoms with van der Waals surface area (Å²) in [5, 5.41) is 0. The van der Waals surface area contributed by atoms with Crippen molar-refractivity contribution >= 4 is 23.6 Å². The Morgan fingerprint density at radius 3 is 2.45 bits per heavy atom. The molecule has 22 heavy (non-hydrogen) atoms. The number of carbonyl (C=O) groups excluding carboxylic acids is 2. The second-order valence-corrected chi connectivity index (χ2v) is 6.78. The molecule has 3 rings (SSSR count). The number of carbonyl (C=O) groups is 2. The molecule has 2 amide bonds. The van der Waals surface area contributed by atoms with Crippen molar-refractivity contribution in [2.45, 2.75) is 6.04 Å². The minimum Gasteiger partial charge on any atom is -0.338 e. The van der Waals surface area contributed by atoms with Gasteiger partial charge in [0.25, 0.3) is 5.91 Å². The van der Waals surface area contributed by atoms with Gasteiger partial charge in [-0.15, -0.1) is 11.8 Å². The van der Waals surface area contributed by atoms with Crippen LogP contribution in [0.25, 0.3) is 0 Å². The molecule has 5 nitrogen and oxygen atoms in total. The molecule has 0 saturated carbocycles. The van der Waals surface area contributed by atoms with Gasteiger partial charge in [0, 0.05) is 37.5 Å². The molecule has 2 heterocycles. The van der Waals surface area contributed by atoms with Gasteiger partial charge in [-0.05, 0) is 19.2 Å². The van der Waals surface area contributed by atoms with E-state index in [4.69, 9.17) is 0 Å². The summed E-state index contributed by atoms with van der Waals surface area (Å²) >= 11 is 1.65. The smallest absolute Gasteiger partial charge is 0.255 e. The van der Waals surface area contributed by atoms with Crippen LogP contribution in [0.5, 0.6) is 0 Å². The van der Waals surface area contributed by atoms with E-state index < -0.39 is 0 Å². The highest BCUT2D eigenvalue weighted by Crippen LogP contribution is 2.25. The minimum absolute atomic E-state index is 0.0434. The molecule has 118 valence electrons. The highest BCUT2D eigenvalue weighted by molar-refractivity contribution is 7.99. The van der Waals surface area contributed by atoms with Crippen LogP contribution in [0.2, 0.25) is 0 Å². The van der Waals surface area contributed by atoms with Gasteiger partial charge in [-0.1, -0.05) is 18.2 Å². The standard InChI is InChI=1S/C16H21N3O2S/c1-17-7-9-18(10-8-17)16(21)14-11-22-12-19(14)15(20)13-5-3-2-4-6-13/h2-6,14H,7-12H2,1H3. The first kappa shape index (κ1) is 15.4. The summed E-state index contributed by atoms with van der Waals surface area (Å²) in [7, 11) is 2.07. The molecule has 0 spiro atoms. The summed E-state index contributed by atoms with van der Waals surface area (Å²) in [6, 6.07) is 8.90. The number of benzene rings is 1. The van der Waals surface area contributed by atoms with E-state index in [2.05, 4.69) is 11.9 Å². The molecule has 1 atom stereocenters. The number of rotatable bonds is 2. The maximum Gasteiger partial charge on any atom is 0.255 e. The Hall–Kier alpha value is -1.53. The Morgan fingerprint density at radius 1 is 1.09 bits per heavy atom. The minimum atomic E-state index is -0.318. The van der Waals surface area contributed by atoms with Gasteiger partial charge >= 0.3 is 0 Å². The Balaban J connectivity index is 1.70. The van der Waals surface area contributed by atoms with Crippen LogP contribution in [0.15, 0.2) is 30.3 Å². The molecule has 2 aliphatic heterocycles. The second kappa shape index (κ2) is 6.71. The number of amides is 2. The van der Waals surface area contributed by atoms with Crippen molar-refractivity contribution in [2.75, 3.05) is 44.9 Å². The zero-order chi connectivity index (χ0) is 15.5. The molecule has 0 aliphatic carbocycles. The first-order valence-electron chi connectivity index (χ1n) is 7.58. The highest BCUT2D eigenvalue weighted by Gasteiger charge is 2.37. The predicted molar refractivity (Wildman–Crippen MR) is 87.8 cm³/mol. The Bertz CT molecular complexity index is 544. The van der Waals surface area contributed by atoms with Crippen LogP contribution in [0, 0.1) is 0 Å². The second-order valence-electron chi connectivity index (χ2n) is 5.79. The fraction of sp³-hybridized carbons (Fsp3) is 0.500. The lowest BCUT2D eigenvalue weighted by Gasteiger charge is -2.35. The molecule has 1 aromatic rings. The summed E-state index contributed by atoms with van der Waals surface area (Å²) in [5.41, 5.74) is 0.654. The number of hydrogen-bond acceptors (Lipinski definition) is 4. The van der Waals surface area contributed by atoms with E-state index in [-0.39, 0.29) is 17.9 Å². The molecule has 0 aromatic heterocycles. The van der Waals surface area contributed by atoms with Crippen LogP contribution in [0.4, 0.5) is 0 Å². The first-order valence-corrected chi connectivity index (χ1v) is 8.73. The summed E-state index contributed by atoms with van der Waals surface area (Å²) in [5.74, 6) is 1.35. The maximum atomic E-state index is 12.8. The molecule has 0 bridgehead atoms. The van der Waals surface area contributed by atoms with Gasteiger partial charge in [-0.2, -0.15) is 0 Å². The third-order valence-electron chi connectivity index (χ3n) is 4.26. The van der Waals surface area contributed by atoms with E-state index in [9.17, 15) is 9.59 Å². The molecular formula is C16H21N3O2S. The van der Waals surface area contributed by atoms with Crippen molar-refractivity contribution in [2.24, 2.45) is 0 Å². The van der Waals surface area contributed by atoms with Crippen molar-refractivity contribution in [1.29, 1.82) is 0 Å². The van der Waals surface area contributed by atoms with Gasteiger partial charge < -0.3 is 14.7 Å². The Labute approximate surface area is 135 Å². The maximum absolute atomic E-state index is 12.8. The molecule has 0 N–H and O–H groups in total. The quantitative estimate of drug-likeness (QED) is 0.815. The summed E-state index contributed by atoms with van der Waals surface area (Å²) in [4.78, 5) is 31.2. The monoisotopic (exact) mass is 319 g/mol. The fourth-order valence-electron chi connectivity index (χ4n) is 2.83. The van der Waals surface area contributed by atoms with Crippen molar-refractivity contribution in [1.82, 2.24) is 14.7 Å². The average molecular weight is 319 g/mol. The molecule has 6 heteroatoms. The third kappa shape index (κ3) is 3.13. The molecule has 1 aromatic carbocycles. The average Bonchev–Trinajstić information content (AvgIpc) is 3.04. The van der Waals surface area contributed by atoms with E-state index in [1.807, 2.05) is 35.2 Å². The van der Waals surface area contributed by atoms with Gasteiger partial charge in [0.1, 0.15) is 6.04 Å². The van der Waals surface area contributed by atoms with Gasteiger partial charge in [-0.25, -0.2) is 0 Å². The van der Waals surface area contributed by atoms with Gasteiger partial charge in [-0.3, -0.25) is 9.59 Å². The molecule has 2 saturated heterocycles. The lowest BCUT2D eigenvalue weighted by molar-refractivity contribution is -0.136. The van der Waals surface area contributed by atoms with Gasteiger partial charge in [0.2, 0.25) is 5.91 Å². The van der Waals surface area contributed by atoms with Crippen molar-refractivity contribution in [3.63, 3.8) is 0 Å². The Morgan fingerprint density at radius 2 is 1.77 bits per heavy atom.